The van der Waals surface area contributed by atoms with Crippen LogP contribution in [0.1, 0.15) is 24.0 Å². The van der Waals surface area contributed by atoms with E-state index in [-0.39, 0.29) is 12.4 Å². The number of nitrogens with one attached hydrogen (secondary N) is 1. The standard InChI is InChI=1S/C14H15F3N2.ClH/c15-14(16,17)12-3-1-11(2-4-12)9-13(10-18)5-7-19-8-6-13;/h1-4,19H,5-9H2;1H. The van der Waals surface area contributed by atoms with Gasteiger partial charge >= 0.3 is 6.18 Å². The molecule has 0 aromatic heterocycles. The average Bonchev–Trinajstić information content (AvgIpc) is 2.39. The lowest BCUT2D eigenvalue weighted by Crippen LogP contribution is -2.37. The smallest absolute Gasteiger partial charge is 0.317 e. The van der Waals surface area contributed by atoms with Crippen molar-refractivity contribution in [2.75, 3.05) is 13.1 Å². The Kier molecular flexibility index (Phi) is 5.43. The number of nitrogens with zero attached hydrogens (tertiary/aromatic N) is 1. The monoisotopic (exact) mass is 304 g/mol. The topological polar surface area (TPSA) is 35.8 Å². The molecule has 0 radical (unpaired) electrons. The van der Waals surface area contributed by atoms with Crippen LogP contribution in [0.4, 0.5) is 13.2 Å². The van der Waals surface area contributed by atoms with Crippen LogP contribution < -0.4 is 5.32 Å². The minimum atomic E-state index is -4.31. The zero-order valence-electron chi connectivity index (χ0n) is 10.8. The number of nitriles is 1. The normalized spacial score (nSPS) is 17.9. The summed E-state index contributed by atoms with van der Waals surface area (Å²) < 4.78 is 37.4. The van der Waals surface area contributed by atoms with Crippen molar-refractivity contribution >= 4 is 12.4 Å². The van der Waals surface area contributed by atoms with E-state index in [1.165, 1.54) is 12.1 Å². The van der Waals surface area contributed by atoms with Gasteiger partial charge in [-0.25, -0.2) is 0 Å². The van der Waals surface area contributed by atoms with Crippen molar-refractivity contribution < 1.29 is 13.2 Å². The molecule has 0 bridgehead atoms. The maximum Gasteiger partial charge on any atom is 0.416 e. The Balaban J connectivity index is 0.00000200. The van der Waals surface area contributed by atoms with E-state index >= 15 is 0 Å². The first-order valence-electron chi connectivity index (χ1n) is 6.23. The average molecular weight is 305 g/mol. The highest BCUT2D eigenvalue weighted by Gasteiger charge is 2.33. The van der Waals surface area contributed by atoms with Gasteiger partial charge in [-0.15, -0.1) is 12.4 Å². The van der Waals surface area contributed by atoms with E-state index in [0.29, 0.717) is 6.42 Å². The molecule has 1 aromatic carbocycles. The van der Waals surface area contributed by atoms with Crippen molar-refractivity contribution in [3.8, 4) is 6.07 Å². The third-order valence-corrected chi connectivity index (χ3v) is 3.62. The van der Waals surface area contributed by atoms with Crippen LogP contribution in [0.3, 0.4) is 0 Å². The summed E-state index contributed by atoms with van der Waals surface area (Å²) in [6.45, 7) is 1.57. The van der Waals surface area contributed by atoms with Crippen molar-refractivity contribution in [3.05, 3.63) is 35.4 Å². The summed E-state index contributed by atoms with van der Waals surface area (Å²) in [4.78, 5) is 0. The lowest BCUT2D eigenvalue weighted by Gasteiger charge is -2.31. The summed E-state index contributed by atoms with van der Waals surface area (Å²) in [5, 5.41) is 12.5. The van der Waals surface area contributed by atoms with Gasteiger partial charge in [0.1, 0.15) is 0 Å². The second kappa shape index (κ2) is 6.47. The molecule has 1 aliphatic heterocycles. The first-order valence-corrected chi connectivity index (χ1v) is 6.23. The molecule has 2 nitrogen and oxygen atoms in total. The number of hydrogen-bond donors (Lipinski definition) is 1. The molecule has 2 rings (SSSR count). The van der Waals surface area contributed by atoms with Gasteiger partial charge in [0.2, 0.25) is 0 Å². The largest absolute Gasteiger partial charge is 0.416 e. The summed E-state index contributed by atoms with van der Waals surface area (Å²) in [5.41, 5.74) is -0.297. The van der Waals surface area contributed by atoms with Crippen molar-refractivity contribution in [2.24, 2.45) is 5.41 Å². The van der Waals surface area contributed by atoms with E-state index in [1.54, 1.807) is 0 Å². The second-order valence-corrected chi connectivity index (χ2v) is 5.01. The van der Waals surface area contributed by atoms with Crippen LogP contribution in [0.15, 0.2) is 24.3 Å². The van der Waals surface area contributed by atoms with E-state index in [0.717, 1.165) is 43.6 Å². The highest BCUT2D eigenvalue weighted by atomic mass is 35.5. The van der Waals surface area contributed by atoms with E-state index in [4.69, 9.17) is 0 Å². The fraction of sp³-hybridized carbons (Fsp3) is 0.500. The molecule has 6 heteroatoms. The van der Waals surface area contributed by atoms with Gasteiger partial charge in [0, 0.05) is 0 Å². The molecule has 110 valence electrons. The molecular weight excluding hydrogens is 289 g/mol. The van der Waals surface area contributed by atoms with Crippen LogP contribution in [-0.2, 0) is 12.6 Å². The number of rotatable bonds is 2. The minimum absolute atomic E-state index is 0. The molecule has 0 saturated carbocycles. The Morgan fingerprint density at radius 1 is 1.15 bits per heavy atom. The fourth-order valence-electron chi connectivity index (χ4n) is 2.44. The predicted octanol–water partition coefficient (Wildman–Crippen LogP) is 3.56. The highest BCUT2D eigenvalue weighted by Crippen LogP contribution is 2.34. The van der Waals surface area contributed by atoms with Crippen molar-refractivity contribution in [1.82, 2.24) is 5.32 Å². The Morgan fingerprint density at radius 2 is 1.70 bits per heavy atom. The van der Waals surface area contributed by atoms with E-state index in [2.05, 4.69) is 11.4 Å². The van der Waals surface area contributed by atoms with E-state index in [9.17, 15) is 18.4 Å². The zero-order valence-corrected chi connectivity index (χ0v) is 11.7. The molecule has 1 N–H and O–H groups in total. The maximum atomic E-state index is 12.5. The molecule has 1 heterocycles. The maximum absolute atomic E-state index is 12.5. The Labute approximate surface area is 122 Å². The third-order valence-electron chi connectivity index (χ3n) is 3.62. The number of hydrogen-bond acceptors (Lipinski definition) is 2. The summed E-state index contributed by atoms with van der Waals surface area (Å²) >= 11 is 0. The molecule has 1 saturated heterocycles. The van der Waals surface area contributed by atoms with Gasteiger partial charge < -0.3 is 5.32 Å². The van der Waals surface area contributed by atoms with Crippen LogP contribution in [0.5, 0.6) is 0 Å². The Hall–Kier alpha value is -1.25. The molecule has 0 spiro atoms. The van der Waals surface area contributed by atoms with Crippen molar-refractivity contribution in [3.63, 3.8) is 0 Å². The fourth-order valence-corrected chi connectivity index (χ4v) is 2.44. The minimum Gasteiger partial charge on any atom is -0.317 e. The predicted molar refractivity (Wildman–Crippen MR) is 72.5 cm³/mol. The Morgan fingerprint density at radius 3 is 2.15 bits per heavy atom. The second-order valence-electron chi connectivity index (χ2n) is 5.01. The van der Waals surface area contributed by atoms with Gasteiger partial charge in [-0.2, -0.15) is 18.4 Å². The molecule has 0 amide bonds. The molecular formula is C14H16ClF3N2. The SMILES string of the molecule is Cl.N#CC1(Cc2ccc(C(F)(F)F)cc2)CCNCC1. The van der Waals surface area contributed by atoms with Gasteiger partial charge in [-0.1, -0.05) is 12.1 Å². The number of halogens is 4. The van der Waals surface area contributed by atoms with Crippen LogP contribution in [-0.4, -0.2) is 13.1 Å². The first-order chi connectivity index (χ1) is 8.95. The quantitative estimate of drug-likeness (QED) is 0.907. The zero-order chi connectivity index (χ0) is 13.9. The van der Waals surface area contributed by atoms with E-state index in [1.807, 2.05) is 0 Å². The van der Waals surface area contributed by atoms with Gasteiger partial charge in [0.05, 0.1) is 17.0 Å². The van der Waals surface area contributed by atoms with Gasteiger partial charge in [-0.05, 0) is 50.0 Å². The van der Waals surface area contributed by atoms with Crippen molar-refractivity contribution in [2.45, 2.75) is 25.4 Å². The summed E-state index contributed by atoms with van der Waals surface area (Å²) in [7, 11) is 0. The molecule has 0 atom stereocenters. The van der Waals surface area contributed by atoms with Gasteiger partial charge in [0.15, 0.2) is 0 Å². The highest BCUT2D eigenvalue weighted by molar-refractivity contribution is 5.85. The van der Waals surface area contributed by atoms with Gasteiger partial charge in [0.25, 0.3) is 0 Å². The molecule has 20 heavy (non-hydrogen) atoms. The lowest BCUT2D eigenvalue weighted by atomic mass is 9.75. The molecule has 0 unspecified atom stereocenters. The summed E-state index contributed by atoms with van der Waals surface area (Å²) in [6, 6.07) is 7.47. The van der Waals surface area contributed by atoms with Crippen LogP contribution in [0.25, 0.3) is 0 Å². The molecule has 1 aliphatic rings. The van der Waals surface area contributed by atoms with Crippen LogP contribution >= 0.6 is 12.4 Å². The van der Waals surface area contributed by atoms with Crippen LogP contribution in [0.2, 0.25) is 0 Å². The lowest BCUT2D eigenvalue weighted by molar-refractivity contribution is -0.137. The Bertz CT molecular complexity index is 471. The first kappa shape index (κ1) is 16.8. The molecule has 0 aliphatic carbocycles. The number of benzene rings is 1. The summed E-state index contributed by atoms with van der Waals surface area (Å²) in [5.74, 6) is 0. The van der Waals surface area contributed by atoms with Crippen LogP contribution in [0, 0.1) is 16.7 Å². The van der Waals surface area contributed by atoms with Crippen molar-refractivity contribution in [1.29, 1.82) is 5.26 Å². The molecule has 1 aromatic rings. The van der Waals surface area contributed by atoms with E-state index < -0.39 is 17.2 Å². The summed E-state index contributed by atoms with van der Waals surface area (Å²) in [6.07, 6.45) is -2.31. The molecule has 1 fully saturated rings. The number of alkyl halides is 3. The van der Waals surface area contributed by atoms with Gasteiger partial charge in [-0.3, -0.25) is 0 Å². The third kappa shape index (κ3) is 3.87. The number of piperidine rings is 1.